The van der Waals surface area contributed by atoms with Crippen LogP contribution >= 0.6 is 27.7 Å². The van der Waals surface area contributed by atoms with E-state index in [1.165, 1.54) is 6.07 Å². The Labute approximate surface area is 124 Å². The van der Waals surface area contributed by atoms with Gasteiger partial charge in [0.25, 0.3) is 0 Å². The summed E-state index contributed by atoms with van der Waals surface area (Å²) in [5.41, 5.74) is 0.286. The van der Waals surface area contributed by atoms with Crippen LogP contribution < -0.4 is 4.74 Å². The van der Waals surface area contributed by atoms with Gasteiger partial charge in [-0.3, -0.25) is 10.1 Å². The van der Waals surface area contributed by atoms with Crippen molar-refractivity contribution < 1.29 is 14.8 Å². The number of ether oxygens (including phenoxy) is 1. The first kappa shape index (κ1) is 16.3. The van der Waals surface area contributed by atoms with Gasteiger partial charge in [-0.15, -0.1) is 0 Å². The Morgan fingerprint density at radius 2 is 2.26 bits per heavy atom. The van der Waals surface area contributed by atoms with Crippen molar-refractivity contribution in [1.82, 2.24) is 0 Å². The Bertz CT molecular complexity index is 454. The Kier molecular flexibility index (Phi) is 6.60. The van der Waals surface area contributed by atoms with E-state index in [1.807, 2.05) is 6.92 Å². The van der Waals surface area contributed by atoms with Gasteiger partial charge < -0.3 is 9.84 Å². The van der Waals surface area contributed by atoms with Crippen LogP contribution in [0.1, 0.15) is 25.5 Å². The van der Waals surface area contributed by atoms with E-state index in [2.05, 4.69) is 15.9 Å². The highest BCUT2D eigenvalue weighted by Gasteiger charge is 2.23. The zero-order valence-electron chi connectivity index (χ0n) is 10.8. The summed E-state index contributed by atoms with van der Waals surface area (Å²) >= 11 is 4.89. The van der Waals surface area contributed by atoms with E-state index < -0.39 is 11.0 Å². The van der Waals surface area contributed by atoms with Crippen molar-refractivity contribution in [3.8, 4) is 5.75 Å². The number of nitro groups is 1. The second-order valence-electron chi connectivity index (χ2n) is 3.82. The molecule has 1 rings (SSSR count). The van der Waals surface area contributed by atoms with Gasteiger partial charge in [-0.2, -0.15) is 11.8 Å². The Morgan fingerprint density at radius 1 is 1.58 bits per heavy atom. The molecule has 0 aliphatic carbocycles. The minimum Gasteiger partial charge on any atom is -0.486 e. The van der Waals surface area contributed by atoms with Gasteiger partial charge in [-0.05, 0) is 18.7 Å². The fourth-order valence-corrected chi connectivity index (χ4v) is 2.50. The van der Waals surface area contributed by atoms with Gasteiger partial charge in [0, 0.05) is 21.9 Å². The number of rotatable bonds is 7. The lowest BCUT2D eigenvalue weighted by Gasteiger charge is -2.14. The van der Waals surface area contributed by atoms with Crippen LogP contribution in [0.25, 0.3) is 0 Å². The lowest BCUT2D eigenvalue weighted by Crippen LogP contribution is -2.07. The standard InChI is InChI=1S/C12H16BrNO4S/c1-3-19-5-4-18-12-10(8(2)15)6-9(13)7-11(12)14(16)17/h6-8,15H,3-5H2,1-2H3. The average Bonchev–Trinajstić information content (AvgIpc) is 2.34. The summed E-state index contributed by atoms with van der Waals surface area (Å²) in [5, 5.41) is 20.8. The smallest absolute Gasteiger partial charge is 0.312 e. The third-order valence-electron chi connectivity index (χ3n) is 2.39. The van der Waals surface area contributed by atoms with Crippen molar-refractivity contribution in [3.63, 3.8) is 0 Å². The summed E-state index contributed by atoms with van der Waals surface area (Å²) in [6.07, 6.45) is -0.829. The number of benzene rings is 1. The Morgan fingerprint density at radius 3 is 2.79 bits per heavy atom. The molecule has 1 unspecified atom stereocenters. The van der Waals surface area contributed by atoms with Crippen LogP contribution in [0.3, 0.4) is 0 Å². The molecule has 0 heterocycles. The molecule has 0 aromatic heterocycles. The zero-order chi connectivity index (χ0) is 14.4. The molecular weight excluding hydrogens is 334 g/mol. The number of aliphatic hydroxyl groups excluding tert-OH is 1. The predicted octanol–water partition coefficient (Wildman–Crippen LogP) is 3.54. The van der Waals surface area contributed by atoms with Crippen molar-refractivity contribution in [2.45, 2.75) is 20.0 Å². The van der Waals surface area contributed by atoms with E-state index in [4.69, 9.17) is 4.74 Å². The summed E-state index contributed by atoms with van der Waals surface area (Å²) < 4.78 is 6.05. The average molecular weight is 350 g/mol. The predicted molar refractivity (Wildman–Crippen MR) is 79.9 cm³/mol. The van der Waals surface area contributed by atoms with E-state index in [1.54, 1.807) is 24.8 Å². The number of hydrogen-bond donors (Lipinski definition) is 1. The highest BCUT2D eigenvalue weighted by Crippen LogP contribution is 2.37. The van der Waals surface area contributed by atoms with Crippen LogP contribution in [0, 0.1) is 10.1 Å². The van der Waals surface area contributed by atoms with Crippen LogP contribution in [0.5, 0.6) is 5.75 Å². The van der Waals surface area contributed by atoms with E-state index >= 15 is 0 Å². The Hall–Kier alpha value is -0.790. The van der Waals surface area contributed by atoms with Crippen LogP contribution in [0.2, 0.25) is 0 Å². The largest absolute Gasteiger partial charge is 0.486 e. The molecule has 1 atom stereocenters. The summed E-state index contributed by atoms with van der Waals surface area (Å²) in [7, 11) is 0. The normalized spacial score (nSPS) is 12.2. The molecule has 5 nitrogen and oxygen atoms in total. The maximum absolute atomic E-state index is 11.1. The molecule has 0 aliphatic heterocycles. The second-order valence-corrected chi connectivity index (χ2v) is 6.13. The molecule has 1 aromatic rings. The first-order chi connectivity index (χ1) is 8.97. The van der Waals surface area contributed by atoms with E-state index in [-0.39, 0.29) is 11.4 Å². The van der Waals surface area contributed by atoms with Gasteiger partial charge in [0.05, 0.1) is 17.6 Å². The van der Waals surface area contributed by atoms with Crippen LogP contribution in [0.15, 0.2) is 16.6 Å². The van der Waals surface area contributed by atoms with Gasteiger partial charge in [0.1, 0.15) is 0 Å². The van der Waals surface area contributed by atoms with Gasteiger partial charge in [0.2, 0.25) is 5.75 Å². The molecule has 7 heteroatoms. The molecule has 1 aromatic carbocycles. The van der Waals surface area contributed by atoms with Crippen molar-refractivity contribution in [1.29, 1.82) is 0 Å². The third-order valence-corrected chi connectivity index (χ3v) is 3.71. The SMILES string of the molecule is CCSCCOc1c(C(C)O)cc(Br)cc1[N+](=O)[O-]. The summed E-state index contributed by atoms with van der Waals surface area (Å²) in [5.74, 6) is 1.87. The van der Waals surface area contributed by atoms with Crippen LogP contribution in [-0.4, -0.2) is 28.1 Å². The zero-order valence-corrected chi connectivity index (χ0v) is 13.2. The lowest BCUT2D eigenvalue weighted by atomic mass is 10.1. The molecule has 0 fully saturated rings. The van der Waals surface area contributed by atoms with Gasteiger partial charge in [-0.25, -0.2) is 0 Å². The second kappa shape index (κ2) is 7.72. The molecule has 0 bridgehead atoms. The van der Waals surface area contributed by atoms with Crippen molar-refractivity contribution in [3.05, 3.63) is 32.3 Å². The van der Waals surface area contributed by atoms with Gasteiger partial charge >= 0.3 is 5.69 Å². The lowest BCUT2D eigenvalue weighted by molar-refractivity contribution is -0.386. The Balaban J connectivity index is 3.05. The molecule has 0 aliphatic rings. The number of nitrogens with zero attached hydrogens (tertiary/aromatic N) is 1. The molecule has 1 N–H and O–H groups in total. The first-order valence-corrected chi connectivity index (χ1v) is 7.78. The molecule has 106 valence electrons. The fraction of sp³-hybridized carbons (Fsp3) is 0.500. The summed E-state index contributed by atoms with van der Waals surface area (Å²) in [4.78, 5) is 10.6. The molecule has 0 amide bonds. The monoisotopic (exact) mass is 349 g/mol. The first-order valence-electron chi connectivity index (χ1n) is 5.83. The molecule has 0 radical (unpaired) electrons. The summed E-state index contributed by atoms with van der Waals surface area (Å²) in [6, 6.07) is 3.02. The number of nitro benzene ring substituents is 1. The van der Waals surface area contributed by atoms with Crippen LogP contribution in [0.4, 0.5) is 5.69 Å². The quantitative estimate of drug-likeness (QED) is 0.463. The highest BCUT2D eigenvalue weighted by atomic mass is 79.9. The van der Waals surface area contributed by atoms with Crippen molar-refractivity contribution in [2.24, 2.45) is 0 Å². The minimum atomic E-state index is -0.829. The van der Waals surface area contributed by atoms with Crippen molar-refractivity contribution >= 4 is 33.4 Å². The maximum atomic E-state index is 11.1. The fourth-order valence-electron chi connectivity index (χ4n) is 1.55. The number of hydrogen-bond acceptors (Lipinski definition) is 5. The van der Waals surface area contributed by atoms with E-state index in [0.717, 1.165) is 11.5 Å². The molecule has 0 saturated heterocycles. The maximum Gasteiger partial charge on any atom is 0.312 e. The highest BCUT2D eigenvalue weighted by molar-refractivity contribution is 9.10. The van der Waals surface area contributed by atoms with Gasteiger partial charge in [0.15, 0.2) is 0 Å². The third kappa shape index (κ3) is 4.67. The number of thioether (sulfide) groups is 1. The molecule has 0 saturated carbocycles. The molecule has 0 spiro atoms. The van der Waals surface area contributed by atoms with Crippen LogP contribution in [-0.2, 0) is 0 Å². The molecule has 19 heavy (non-hydrogen) atoms. The molecular formula is C12H16BrNO4S. The van der Waals surface area contributed by atoms with E-state index in [9.17, 15) is 15.2 Å². The summed E-state index contributed by atoms with van der Waals surface area (Å²) in [6.45, 7) is 3.97. The number of halogens is 1. The number of aliphatic hydroxyl groups is 1. The topological polar surface area (TPSA) is 72.6 Å². The van der Waals surface area contributed by atoms with Gasteiger partial charge in [-0.1, -0.05) is 22.9 Å². The van der Waals surface area contributed by atoms with Crippen molar-refractivity contribution in [2.75, 3.05) is 18.1 Å². The minimum absolute atomic E-state index is 0.133. The van der Waals surface area contributed by atoms with E-state index in [0.29, 0.717) is 16.6 Å².